The van der Waals surface area contributed by atoms with Crippen LogP contribution in [0, 0.1) is 0 Å². The Balaban J connectivity index is 1.98. The van der Waals surface area contributed by atoms with Crippen LogP contribution in [-0.2, 0) is 17.1 Å². The topological polar surface area (TPSA) is 111 Å². The van der Waals surface area contributed by atoms with Crippen LogP contribution in [0.3, 0.4) is 0 Å². The van der Waals surface area contributed by atoms with Gasteiger partial charge in [0.15, 0.2) is 0 Å². The first-order valence-corrected chi connectivity index (χ1v) is 8.50. The van der Waals surface area contributed by atoms with E-state index in [9.17, 15) is 13.2 Å². The van der Waals surface area contributed by atoms with Crippen molar-refractivity contribution >= 4 is 15.9 Å². The maximum Gasteiger partial charge on any atom is 0.265 e. The zero-order chi connectivity index (χ0) is 15.4. The summed E-state index contributed by atoms with van der Waals surface area (Å²) in [6.07, 6.45) is 4.56. The second kappa shape index (κ2) is 4.82. The molecule has 2 bridgehead atoms. The van der Waals surface area contributed by atoms with E-state index in [-0.39, 0.29) is 28.7 Å². The standard InChI is InChI=1S/C13H20N4O3S/c1-16-7-11(6-12(16)13(15)18)21(19,20)17-9-2-3-10(17)5-8(14)4-9/h6-10H,2-5,14H2,1H3,(H2,15,18). The lowest BCUT2D eigenvalue weighted by Crippen LogP contribution is -2.49. The number of primary amides is 1. The van der Waals surface area contributed by atoms with Gasteiger partial charge in [-0.05, 0) is 31.7 Å². The minimum atomic E-state index is -3.61. The van der Waals surface area contributed by atoms with E-state index in [2.05, 4.69) is 0 Å². The summed E-state index contributed by atoms with van der Waals surface area (Å²) >= 11 is 0. The molecule has 4 N–H and O–H groups in total. The first kappa shape index (κ1) is 14.6. The van der Waals surface area contributed by atoms with E-state index in [1.165, 1.54) is 16.8 Å². The summed E-state index contributed by atoms with van der Waals surface area (Å²) in [4.78, 5) is 11.4. The van der Waals surface area contributed by atoms with Crippen LogP contribution >= 0.6 is 0 Å². The van der Waals surface area contributed by atoms with Gasteiger partial charge in [-0.2, -0.15) is 4.31 Å². The summed E-state index contributed by atoms with van der Waals surface area (Å²) in [7, 11) is -2.00. The number of rotatable bonds is 3. The summed E-state index contributed by atoms with van der Waals surface area (Å²) in [5, 5.41) is 0. The van der Waals surface area contributed by atoms with Crippen molar-refractivity contribution in [3.63, 3.8) is 0 Å². The summed E-state index contributed by atoms with van der Waals surface area (Å²) in [6.45, 7) is 0. The maximum atomic E-state index is 12.9. The molecule has 0 radical (unpaired) electrons. The highest BCUT2D eigenvalue weighted by Crippen LogP contribution is 2.39. The highest BCUT2D eigenvalue weighted by Gasteiger charge is 2.46. The molecule has 0 saturated carbocycles. The highest BCUT2D eigenvalue weighted by molar-refractivity contribution is 7.89. The van der Waals surface area contributed by atoms with Crippen LogP contribution in [0.4, 0.5) is 0 Å². The first-order chi connectivity index (χ1) is 9.80. The first-order valence-electron chi connectivity index (χ1n) is 7.06. The monoisotopic (exact) mass is 312 g/mol. The van der Waals surface area contributed by atoms with Crippen molar-refractivity contribution in [1.82, 2.24) is 8.87 Å². The van der Waals surface area contributed by atoms with Gasteiger partial charge in [-0.3, -0.25) is 4.79 Å². The molecule has 3 rings (SSSR count). The molecule has 2 aliphatic rings. The molecule has 8 heteroatoms. The summed E-state index contributed by atoms with van der Waals surface area (Å²) < 4.78 is 28.8. The van der Waals surface area contributed by atoms with Crippen LogP contribution in [0.5, 0.6) is 0 Å². The Hall–Kier alpha value is -1.38. The molecule has 2 fully saturated rings. The number of carbonyl (C=O) groups is 1. The largest absolute Gasteiger partial charge is 0.364 e. The van der Waals surface area contributed by atoms with E-state index in [0.29, 0.717) is 12.8 Å². The van der Waals surface area contributed by atoms with Gasteiger partial charge >= 0.3 is 0 Å². The maximum absolute atomic E-state index is 12.9. The van der Waals surface area contributed by atoms with Gasteiger partial charge in [-0.25, -0.2) is 8.42 Å². The van der Waals surface area contributed by atoms with Gasteiger partial charge in [0, 0.05) is 31.4 Å². The van der Waals surface area contributed by atoms with E-state index in [0.717, 1.165) is 12.8 Å². The van der Waals surface area contributed by atoms with Crippen LogP contribution in [0.1, 0.15) is 36.2 Å². The van der Waals surface area contributed by atoms with Crippen LogP contribution in [0.15, 0.2) is 17.2 Å². The molecular formula is C13H20N4O3S. The summed E-state index contributed by atoms with van der Waals surface area (Å²) in [5.41, 5.74) is 11.4. The molecular weight excluding hydrogens is 292 g/mol. The second-order valence-electron chi connectivity index (χ2n) is 5.99. The van der Waals surface area contributed by atoms with Gasteiger partial charge in [0.2, 0.25) is 10.0 Å². The number of fused-ring (bicyclic) bond motifs is 2. The van der Waals surface area contributed by atoms with Crippen molar-refractivity contribution in [2.75, 3.05) is 0 Å². The van der Waals surface area contributed by atoms with Crippen molar-refractivity contribution in [3.05, 3.63) is 18.0 Å². The predicted molar refractivity (Wildman–Crippen MR) is 77.0 cm³/mol. The molecule has 21 heavy (non-hydrogen) atoms. The lowest BCUT2D eigenvalue weighted by Gasteiger charge is -2.36. The Morgan fingerprint density at radius 3 is 2.33 bits per heavy atom. The third-order valence-corrected chi connectivity index (χ3v) is 6.48. The molecule has 1 amide bonds. The third-order valence-electron chi connectivity index (χ3n) is 4.51. The third kappa shape index (κ3) is 2.27. The molecule has 0 spiro atoms. The van der Waals surface area contributed by atoms with E-state index in [4.69, 9.17) is 11.5 Å². The van der Waals surface area contributed by atoms with Crippen molar-refractivity contribution < 1.29 is 13.2 Å². The molecule has 116 valence electrons. The Kier molecular flexibility index (Phi) is 3.34. The molecule has 1 aromatic heterocycles. The number of aryl methyl sites for hydroxylation is 1. The van der Waals surface area contributed by atoms with Crippen LogP contribution in [0.25, 0.3) is 0 Å². The molecule has 2 aliphatic heterocycles. The van der Waals surface area contributed by atoms with E-state index in [1.807, 2.05) is 0 Å². The predicted octanol–water partition coefficient (Wildman–Crippen LogP) is -0.233. The van der Waals surface area contributed by atoms with Crippen LogP contribution in [-0.4, -0.2) is 41.3 Å². The highest BCUT2D eigenvalue weighted by atomic mass is 32.2. The van der Waals surface area contributed by atoms with Gasteiger partial charge in [0.25, 0.3) is 5.91 Å². The molecule has 0 aliphatic carbocycles. The van der Waals surface area contributed by atoms with Crippen LogP contribution in [0.2, 0.25) is 0 Å². The smallest absolute Gasteiger partial charge is 0.265 e. The number of aromatic nitrogens is 1. The molecule has 2 atom stereocenters. The minimum absolute atomic E-state index is 0.0269. The summed E-state index contributed by atoms with van der Waals surface area (Å²) in [6, 6.07) is 1.37. The normalized spacial score (nSPS) is 29.7. The number of amides is 1. The number of carbonyl (C=O) groups excluding carboxylic acids is 1. The lowest BCUT2D eigenvalue weighted by atomic mass is 10.0. The number of hydrogen-bond acceptors (Lipinski definition) is 4. The molecule has 7 nitrogen and oxygen atoms in total. The van der Waals surface area contributed by atoms with Crippen molar-refractivity contribution in [2.45, 2.75) is 48.7 Å². The molecule has 0 aromatic carbocycles. The fraction of sp³-hybridized carbons (Fsp3) is 0.615. The van der Waals surface area contributed by atoms with Crippen molar-refractivity contribution in [1.29, 1.82) is 0 Å². The fourth-order valence-corrected chi connectivity index (χ4v) is 5.57. The zero-order valence-electron chi connectivity index (χ0n) is 11.9. The zero-order valence-corrected chi connectivity index (χ0v) is 12.7. The van der Waals surface area contributed by atoms with E-state index in [1.54, 1.807) is 11.4 Å². The number of piperidine rings is 1. The average molecular weight is 312 g/mol. The van der Waals surface area contributed by atoms with Gasteiger partial charge < -0.3 is 16.0 Å². The molecule has 3 heterocycles. The second-order valence-corrected chi connectivity index (χ2v) is 7.83. The van der Waals surface area contributed by atoms with Crippen molar-refractivity contribution in [2.24, 2.45) is 18.5 Å². The Bertz CT molecular complexity index is 668. The quantitative estimate of drug-likeness (QED) is 0.802. The molecule has 2 saturated heterocycles. The number of nitrogens with two attached hydrogens (primary N) is 2. The lowest BCUT2D eigenvalue weighted by molar-refractivity contribution is 0.0992. The average Bonchev–Trinajstić information content (AvgIpc) is 2.90. The minimum Gasteiger partial charge on any atom is -0.364 e. The van der Waals surface area contributed by atoms with Crippen molar-refractivity contribution in [3.8, 4) is 0 Å². The molecule has 1 aromatic rings. The summed E-state index contributed by atoms with van der Waals surface area (Å²) in [5.74, 6) is -0.636. The molecule has 2 unspecified atom stereocenters. The number of nitrogens with zero attached hydrogens (tertiary/aromatic N) is 2. The Morgan fingerprint density at radius 1 is 1.29 bits per heavy atom. The van der Waals surface area contributed by atoms with E-state index >= 15 is 0 Å². The van der Waals surface area contributed by atoms with Gasteiger partial charge in [-0.15, -0.1) is 0 Å². The van der Waals surface area contributed by atoms with Gasteiger partial charge in [0.1, 0.15) is 10.6 Å². The number of hydrogen-bond donors (Lipinski definition) is 2. The number of sulfonamides is 1. The SMILES string of the molecule is Cn1cc(S(=O)(=O)N2C3CCC2CC(N)C3)cc1C(N)=O. The Morgan fingerprint density at radius 2 is 1.86 bits per heavy atom. The fourth-order valence-electron chi connectivity index (χ4n) is 3.61. The van der Waals surface area contributed by atoms with Crippen LogP contribution < -0.4 is 11.5 Å². The Labute approximate surface area is 123 Å². The van der Waals surface area contributed by atoms with Gasteiger partial charge in [0.05, 0.1) is 0 Å². The van der Waals surface area contributed by atoms with Gasteiger partial charge in [-0.1, -0.05) is 0 Å². The van der Waals surface area contributed by atoms with E-state index < -0.39 is 15.9 Å².